The van der Waals surface area contributed by atoms with Crippen molar-refractivity contribution in [2.24, 2.45) is 0 Å². The minimum Gasteiger partial charge on any atom is -0.309 e. The summed E-state index contributed by atoms with van der Waals surface area (Å²) < 4.78 is 2.43. The lowest BCUT2D eigenvalue weighted by Gasteiger charge is -2.30. The predicted octanol–water partition coefficient (Wildman–Crippen LogP) is 20.7. The second-order valence-electron chi connectivity index (χ2n) is 19.9. The van der Waals surface area contributed by atoms with Crippen LogP contribution in [0.5, 0.6) is 0 Å². The lowest BCUT2D eigenvalue weighted by molar-refractivity contribution is 1.17. The number of nitrogens with zero attached hydrogens (tertiary/aromatic N) is 2. The monoisotopic (exact) mass is 964 g/mol. The van der Waals surface area contributed by atoms with Crippen molar-refractivity contribution < 1.29 is 0 Å². The molecule has 0 aliphatic rings. The highest BCUT2D eigenvalue weighted by atomic mass is 15.1. The number of aromatic nitrogens is 1. The summed E-state index contributed by atoms with van der Waals surface area (Å²) in [7, 11) is 0. The van der Waals surface area contributed by atoms with E-state index in [-0.39, 0.29) is 0 Å². The molecule has 0 amide bonds. The van der Waals surface area contributed by atoms with Crippen LogP contribution in [0, 0.1) is 0 Å². The molecule has 15 rings (SSSR count). The van der Waals surface area contributed by atoms with Crippen LogP contribution >= 0.6 is 0 Å². The van der Waals surface area contributed by atoms with Crippen LogP contribution in [0.1, 0.15) is 0 Å². The van der Waals surface area contributed by atoms with Crippen LogP contribution in [0.4, 0.5) is 17.1 Å². The second-order valence-corrected chi connectivity index (χ2v) is 19.9. The number of hydrogen-bond donors (Lipinski definition) is 0. The van der Waals surface area contributed by atoms with Gasteiger partial charge in [0, 0.05) is 38.6 Å². The van der Waals surface area contributed by atoms with Crippen molar-refractivity contribution in [2.45, 2.75) is 0 Å². The lowest BCUT2D eigenvalue weighted by atomic mass is 9.82. The molecule has 0 bridgehead atoms. The maximum atomic E-state index is 2.47. The van der Waals surface area contributed by atoms with Gasteiger partial charge in [0.25, 0.3) is 0 Å². The fourth-order valence-electron chi connectivity index (χ4n) is 12.3. The molecule has 0 radical (unpaired) electrons. The second kappa shape index (κ2) is 17.9. The fourth-order valence-corrected chi connectivity index (χ4v) is 12.3. The summed E-state index contributed by atoms with van der Waals surface area (Å²) in [5.74, 6) is 0. The first-order valence-electron chi connectivity index (χ1n) is 26.2. The standard InChI is InChI=1S/C74H48N2/c1-4-20-49(21-5-1)53-38-44-69-67(47-53)68-48-54(50-22-6-2-7-23-50)39-45-70(68)76(69)58-42-40-57(41-43-58)75(56-26-8-3-9-27-56)74-65-34-18-16-32-63(65)73(64-33-17-19-35-66(64)74)72-61-30-14-12-28-59(61)71(60-29-13-15-31-62(60)72)55-37-36-51-24-10-11-25-52(51)46-55/h1-48H. The number of hydrogen-bond acceptors (Lipinski definition) is 1. The highest BCUT2D eigenvalue weighted by molar-refractivity contribution is 6.30. The fraction of sp³-hybridized carbons (Fsp3) is 0. The van der Waals surface area contributed by atoms with Gasteiger partial charge in [0.05, 0.1) is 16.7 Å². The third-order valence-corrected chi connectivity index (χ3v) is 15.7. The van der Waals surface area contributed by atoms with Gasteiger partial charge in [0.15, 0.2) is 0 Å². The van der Waals surface area contributed by atoms with Gasteiger partial charge in [-0.15, -0.1) is 0 Å². The minimum absolute atomic E-state index is 1.08. The van der Waals surface area contributed by atoms with Crippen molar-refractivity contribution in [1.82, 2.24) is 4.57 Å². The number of rotatable bonds is 8. The highest BCUT2D eigenvalue weighted by Crippen LogP contribution is 2.52. The van der Waals surface area contributed by atoms with Crippen LogP contribution < -0.4 is 4.90 Å². The van der Waals surface area contributed by atoms with Gasteiger partial charge >= 0.3 is 0 Å². The van der Waals surface area contributed by atoms with E-state index in [0.29, 0.717) is 0 Å². The highest BCUT2D eigenvalue weighted by Gasteiger charge is 2.26. The molecule has 0 saturated heterocycles. The van der Waals surface area contributed by atoms with E-state index >= 15 is 0 Å². The quantitative estimate of drug-likeness (QED) is 0.138. The summed E-state index contributed by atoms with van der Waals surface area (Å²) >= 11 is 0. The van der Waals surface area contributed by atoms with Crippen molar-refractivity contribution in [3.8, 4) is 50.2 Å². The van der Waals surface area contributed by atoms with Crippen molar-refractivity contribution >= 4 is 92.7 Å². The molecule has 2 heteroatoms. The van der Waals surface area contributed by atoms with Gasteiger partial charge in [-0.2, -0.15) is 0 Å². The van der Waals surface area contributed by atoms with Crippen LogP contribution in [0.25, 0.3) is 126 Å². The van der Waals surface area contributed by atoms with Crippen LogP contribution in [-0.4, -0.2) is 4.57 Å². The van der Waals surface area contributed by atoms with E-state index in [4.69, 9.17) is 0 Å². The Balaban J connectivity index is 0.939. The Kier molecular flexibility index (Phi) is 10.2. The summed E-state index contributed by atoms with van der Waals surface area (Å²) in [6, 6.07) is 107. The van der Waals surface area contributed by atoms with Crippen LogP contribution in [0.2, 0.25) is 0 Å². The molecule has 1 heterocycles. The smallest absolute Gasteiger partial charge is 0.0618 e. The van der Waals surface area contributed by atoms with E-state index in [2.05, 4.69) is 301 Å². The molecule has 354 valence electrons. The van der Waals surface area contributed by atoms with Gasteiger partial charge in [-0.1, -0.05) is 224 Å². The Labute approximate surface area is 441 Å². The van der Waals surface area contributed by atoms with Gasteiger partial charge < -0.3 is 9.47 Å². The van der Waals surface area contributed by atoms with Gasteiger partial charge in [-0.05, 0) is 154 Å². The molecule has 0 aliphatic carbocycles. The first-order valence-corrected chi connectivity index (χ1v) is 26.2. The molecular weight excluding hydrogens is 917 g/mol. The van der Waals surface area contributed by atoms with Gasteiger partial charge in [0.1, 0.15) is 0 Å². The van der Waals surface area contributed by atoms with Crippen LogP contribution in [-0.2, 0) is 0 Å². The van der Waals surface area contributed by atoms with Crippen molar-refractivity contribution in [2.75, 3.05) is 4.90 Å². The summed E-state index contributed by atoms with van der Waals surface area (Å²) in [4.78, 5) is 2.47. The van der Waals surface area contributed by atoms with E-state index in [1.165, 1.54) is 120 Å². The zero-order chi connectivity index (χ0) is 50.1. The minimum atomic E-state index is 1.08. The zero-order valence-electron chi connectivity index (χ0n) is 41.6. The molecule has 14 aromatic carbocycles. The molecule has 0 fully saturated rings. The molecule has 2 nitrogen and oxygen atoms in total. The average Bonchev–Trinajstić information content (AvgIpc) is 3.94. The summed E-state index contributed by atoms with van der Waals surface area (Å²) in [5.41, 5.74) is 16.6. The molecular formula is C74H48N2. The molecule has 0 N–H and O–H groups in total. The summed E-state index contributed by atoms with van der Waals surface area (Å²) in [5, 5.41) is 14.7. The van der Waals surface area contributed by atoms with Crippen LogP contribution in [0.3, 0.4) is 0 Å². The number of benzene rings is 14. The van der Waals surface area contributed by atoms with Gasteiger partial charge in [0.2, 0.25) is 0 Å². The Morgan fingerprint density at radius 1 is 0.224 bits per heavy atom. The van der Waals surface area contributed by atoms with E-state index in [1.807, 2.05) is 0 Å². The average molecular weight is 965 g/mol. The molecule has 0 saturated carbocycles. The molecule has 0 atom stereocenters. The molecule has 0 aliphatic heterocycles. The molecule has 0 spiro atoms. The van der Waals surface area contributed by atoms with Crippen molar-refractivity contribution in [3.63, 3.8) is 0 Å². The maximum absolute atomic E-state index is 2.47. The third kappa shape index (κ3) is 7.03. The summed E-state index contributed by atoms with van der Waals surface area (Å²) in [6.07, 6.45) is 0. The number of anilines is 3. The molecule has 0 unspecified atom stereocenters. The topological polar surface area (TPSA) is 8.17 Å². The zero-order valence-corrected chi connectivity index (χ0v) is 41.6. The Morgan fingerprint density at radius 2 is 0.605 bits per heavy atom. The lowest BCUT2D eigenvalue weighted by Crippen LogP contribution is -2.11. The van der Waals surface area contributed by atoms with Gasteiger partial charge in [-0.3, -0.25) is 0 Å². The van der Waals surface area contributed by atoms with Gasteiger partial charge in [-0.25, -0.2) is 0 Å². The van der Waals surface area contributed by atoms with E-state index in [1.54, 1.807) is 0 Å². The number of para-hydroxylation sites is 1. The molecule has 15 aromatic rings. The van der Waals surface area contributed by atoms with Crippen LogP contribution in [0.15, 0.2) is 291 Å². The maximum Gasteiger partial charge on any atom is 0.0618 e. The van der Waals surface area contributed by atoms with Crippen molar-refractivity contribution in [1.29, 1.82) is 0 Å². The van der Waals surface area contributed by atoms with E-state index in [0.717, 1.165) is 22.7 Å². The molecule has 1 aromatic heterocycles. The third-order valence-electron chi connectivity index (χ3n) is 15.7. The van der Waals surface area contributed by atoms with E-state index < -0.39 is 0 Å². The van der Waals surface area contributed by atoms with Crippen molar-refractivity contribution in [3.05, 3.63) is 291 Å². The molecule has 76 heavy (non-hydrogen) atoms. The largest absolute Gasteiger partial charge is 0.309 e. The first-order chi connectivity index (χ1) is 37.7. The Hall–Kier alpha value is -10.0. The SMILES string of the molecule is c1ccc(-c2ccc3c(c2)c2cc(-c4ccccc4)ccc2n3-c2ccc(N(c3ccccc3)c3c4ccccc4c(-c4c5ccccc5c(-c5ccc6ccccc6c5)c5ccccc45)c4ccccc34)cc2)cc1. The van der Waals surface area contributed by atoms with E-state index in [9.17, 15) is 0 Å². The Morgan fingerprint density at radius 3 is 1.11 bits per heavy atom. The first kappa shape index (κ1) is 43.6. The Bertz CT molecular complexity index is 4520. The number of fused-ring (bicyclic) bond motifs is 8. The predicted molar refractivity (Wildman–Crippen MR) is 325 cm³/mol. The normalized spacial score (nSPS) is 11.7. The summed E-state index contributed by atoms with van der Waals surface area (Å²) in [6.45, 7) is 0.